The van der Waals surface area contributed by atoms with Gasteiger partial charge < -0.3 is 20.8 Å². The number of thiophene rings is 1. The maximum atomic E-state index is 12.9. The third-order valence-electron chi connectivity index (χ3n) is 5.13. The van der Waals surface area contributed by atoms with Gasteiger partial charge in [-0.15, -0.1) is 0 Å². The second-order valence-electron chi connectivity index (χ2n) is 7.24. The third-order valence-corrected chi connectivity index (χ3v) is 5.83. The number of nitrogens with one attached hydrogen (secondary N) is 1. The van der Waals surface area contributed by atoms with Crippen LogP contribution < -0.4 is 16.1 Å². The van der Waals surface area contributed by atoms with E-state index in [1.165, 1.54) is 17.6 Å². The van der Waals surface area contributed by atoms with Crippen LogP contribution in [0.5, 0.6) is 0 Å². The zero-order valence-electron chi connectivity index (χ0n) is 17.3. The van der Waals surface area contributed by atoms with Gasteiger partial charge in [0.25, 0.3) is 0 Å². The molecule has 0 aliphatic carbocycles. The number of hydrogen-bond donors (Lipinski definition) is 2. The fraction of sp³-hybridized carbons (Fsp3) is 0.364. The van der Waals surface area contributed by atoms with Crippen molar-refractivity contribution in [1.82, 2.24) is 5.32 Å². The summed E-state index contributed by atoms with van der Waals surface area (Å²) in [4.78, 5) is 39.2. The normalized spacial score (nSPS) is 17.1. The molecule has 1 aliphatic heterocycles. The van der Waals surface area contributed by atoms with Crippen LogP contribution in [0.4, 0.5) is 5.69 Å². The van der Waals surface area contributed by atoms with Crippen molar-refractivity contribution in [2.75, 3.05) is 18.1 Å². The molecule has 31 heavy (non-hydrogen) atoms. The lowest BCUT2D eigenvalue weighted by Gasteiger charge is -2.19. The molecule has 1 saturated heterocycles. The molecule has 3 N–H and O–H groups in total. The first kappa shape index (κ1) is 22.5. The number of anilines is 1. The van der Waals surface area contributed by atoms with E-state index in [1.807, 2.05) is 41.1 Å². The molecule has 9 heteroatoms. The Morgan fingerprint density at radius 2 is 2.13 bits per heavy atom. The highest BCUT2D eigenvalue weighted by molar-refractivity contribution is 7.08. The van der Waals surface area contributed by atoms with Crippen LogP contribution in [0.15, 0.2) is 46.2 Å². The molecule has 1 aromatic carbocycles. The van der Waals surface area contributed by atoms with E-state index in [0.29, 0.717) is 13.0 Å². The van der Waals surface area contributed by atoms with Gasteiger partial charge in [-0.3, -0.25) is 14.4 Å². The van der Waals surface area contributed by atoms with Crippen molar-refractivity contribution >= 4 is 41.0 Å². The Labute approximate surface area is 185 Å². The average molecular weight is 443 g/mol. The molecule has 1 aromatic heterocycles. The molecule has 0 bridgehead atoms. The van der Waals surface area contributed by atoms with Gasteiger partial charge in [0.05, 0.1) is 25.3 Å². The van der Waals surface area contributed by atoms with Crippen molar-refractivity contribution in [3.05, 3.63) is 52.2 Å². The molecular weight excluding hydrogens is 416 g/mol. The Kier molecular flexibility index (Phi) is 7.77. The summed E-state index contributed by atoms with van der Waals surface area (Å²) in [5, 5.41) is 10.2. The number of benzene rings is 1. The van der Waals surface area contributed by atoms with E-state index < -0.39 is 12.0 Å². The lowest BCUT2D eigenvalue weighted by Crippen LogP contribution is -2.34. The van der Waals surface area contributed by atoms with Crippen molar-refractivity contribution in [1.29, 1.82) is 0 Å². The molecule has 1 aliphatic rings. The van der Waals surface area contributed by atoms with Gasteiger partial charge >= 0.3 is 5.97 Å². The van der Waals surface area contributed by atoms with Crippen LogP contribution in [-0.2, 0) is 19.1 Å². The molecule has 1 fully saturated rings. The van der Waals surface area contributed by atoms with Crippen LogP contribution in [0.3, 0.4) is 0 Å². The van der Waals surface area contributed by atoms with Gasteiger partial charge in [0.15, 0.2) is 0 Å². The van der Waals surface area contributed by atoms with Crippen LogP contribution in [0.2, 0.25) is 0 Å². The smallest absolute Gasteiger partial charge is 0.308 e. The van der Waals surface area contributed by atoms with E-state index >= 15 is 0 Å². The number of carbonyl (C=O) groups is 3. The Bertz CT molecular complexity index is 927. The first-order valence-corrected chi connectivity index (χ1v) is 11.1. The standard InChI is InChI=1S/C22H26N4O4S/c1-2-30-21(28)12-19(17-8-10-31-14-17)25-20(27)11-16-7-9-26(22(16)29)18-5-3-15(4-6-18)13-24-23/h3-6,8,10,13-14,16,19H,2,7,9,11-12,23H2,1H3,(H,25,27). The van der Waals surface area contributed by atoms with Crippen molar-refractivity contribution in [3.8, 4) is 0 Å². The molecule has 3 rings (SSSR count). The van der Waals surface area contributed by atoms with E-state index in [0.717, 1.165) is 16.8 Å². The monoisotopic (exact) mass is 442 g/mol. The van der Waals surface area contributed by atoms with E-state index in [9.17, 15) is 14.4 Å². The Hall–Kier alpha value is -3.20. The van der Waals surface area contributed by atoms with Crippen LogP contribution in [-0.4, -0.2) is 37.1 Å². The van der Waals surface area contributed by atoms with Crippen LogP contribution in [0.25, 0.3) is 0 Å². The van der Waals surface area contributed by atoms with Gasteiger partial charge in [0, 0.05) is 24.6 Å². The Balaban J connectivity index is 1.60. The van der Waals surface area contributed by atoms with Crippen molar-refractivity contribution < 1.29 is 19.1 Å². The van der Waals surface area contributed by atoms with Gasteiger partial charge in [-0.05, 0) is 53.4 Å². The fourth-order valence-corrected chi connectivity index (χ4v) is 4.31. The lowest BCUT2D eigenvalue weighted by molar-refractivity contribution is -0.144. The second-order valence-corrected chi connectivity index (χ2v) is 8.02. The average Bonchev–Trinajstić information content (AvgIpc) is 3.40. The summed E-state index contributed by atoms with van der Waals surface area (Å²) in [6.45, 7) is 2.58. The fourth-order valence-electron chi connectivity index (χ4n) is 3.60. The number of hydrazone groups is 1. The maximum absolute atomic E-state index is 12.9. The predicted octanol–water partition coefficient (Wildman–Crippen LogP) is 2.59. The summed E-state index contributed by atoms with van der Waals surface area (Å²) in [6, 6.07) is 8.74. The Morgan fingerprint density at radius 1 is 1.35 bits per heavy atom. The number of amides is 2. The highest BCUT2D eigenvalue weighted by atomic mass is 32.1. The SMILES string of the molecule is CCOC(=O)CC(NC(=O)CC1CCN(c2ccc(C=NN)cc2)C1=O)c1ccsc1. The number of carbonyl (C=O) groups excluding carboxylic acids is 3. The zero-order valence-corrected chi connectivity index (χ0v) is 18.1. The summed E-state index contributed by atoms with van der Waals surface area (Å²) in [6.07, 6.45) is 2.26. The van der Waals surface area contributed by atoms with Crippen molar-refractivity contribution in [3.63, 3.8) is 0 Å². The second kappa shape index (κ2) is 10.7. The van der Waals surface area contributed by atoms with Gasteiger partial charge in [-0.1, -0.05) is 12.1 Å². The summed E-state index contributed by atoms with van der Waals surface area (Å²) in [7, 11) is 0. The first-order chi connectivity index (χ1) is 15.0. The van der Waals surface area contributed by atoms with Gasteiger partial charge in [0.1, 0.15) is 0 Å². The van der Waals surface area contributed by atoms with E-state index in [-0.39, 0.29) is 37.2 Å². The number of hydrogen-bond acceptors (Lipinski definition) is 7. The predicted molar refractivity (Wildman–Crippen MR) is 120 cm³/mol. The molecular formula is C22H26N4O4S. The summed E-state index contributed by atoms with van der Waals surface area (Å²) >= 11 is 1.49. The topological polar surface area (TPSA) is 114 Å². The molecule has 8 nitrogen and oxygen atoms in total. The van der Waals surface area contributed by atoms with E-state index in [2.05, 4.69) is 10.4 Å². The van der Waals surface area contributed by atoms with Crippen LogP contribution in [0, 0.1) is 5.92 Å². The molecule has 0 spiro atoms. The minimum atomic E-state index is -0.470. The first-order valence-electron chi connectivity index (χ1n) is 10.1. The summed E-state index contributed by atoms with van der Waals surface area (Å²) in [5.41, 5.74) is 2.47. The lowest BCUT2D eigenvalue weighted by atomic mass is 10.0. The van der Waals surface area contributed by atoms with Crippen molar-refractivity contribution in [2.45, 2.75) is 32.2 Å². The molecule has 2 aromatic rings. The molecule has 0 radical (unpaired) electrons. The number of ether oxygens (including phenoxy) is 1. The Morgan fingerprint density at radius 3 is 2.77 bits per heavy atom. The minimum Gasteiger partial charge on any atom is -0.466 e. The molecule has 0 saturated carbocycles. The van der Waals surface area contributed by atoms with Crippen LogP contribution in [0.1, 0.15) is 43.4 Å². The van der Waals surface area contributed by atoms with Gasteiger partial charge in [-0.2, -0.15) is 16.4 Å². The molecule has 2 atom stereocenters. The highest BCUT2D eigenvalue weighted by Crippen LogP contribution is 2.28. The molecule has 2 unspecified atom stereocenters. The molecule has 2 amide bonds. The molecule has 164 valence electrons. The van der Waals surface area contributed by atoms with E-state index in [1.54, 1.807) is 11.8 Å². The third kappa shape index (κ3) is 5.91. The number of nitrogens with two attached hydrogens (primary N) is 1. The number of rotatable bonds is 9. The highest BCUT2D eigenvalue weighted by Gasteiger charge is 2.34. The maximum Gasteiger partial charge on any atom is 0.308 e. The summed E-state index contributed by atoms with van der Waals surface area (Å²) < 4.78 is 5.03. The summed E-state index contributed by atoms with van der Waals surface area (Å²) in [5.74, 6) is 4.06. The van der Waals surface area contributed by atoms with Crippen molar-refractivity contribution in [2.24, 2.45) is 16.9 Å². The largest absolute Gasteiger partial charge is 0.466 e. The van der Waals surface area contributed by atoms with Gasteiger partial charge in [-0.25, -0.2) is 0 Å². The van der Waals surface area contributed by atoms with Crippen LogP contribution >= 0.6 is 11.3 Å². The number of nitrogens with zero attached hydrogens (tertiary/aromatic N) is 2. The molecule has 2 heterocycles. The van der Waals surface area contributed by atoms with E-state index in [4.69, 9.17) is 10.6 Å². The quantitative estimate of drug-likeness (QED) is 0.268. The van der Waals surface area contributed by atoms with Gasteiger partial charge in [0.2, 0.25) is 11.8 Å². The minimum absolute atomic E-state index is 0.0551. The number of esters is 1. The zero-order chi connectivity index (χ0) is 22.2.